The number of carboxylic acids is 1. The molecule has 1 unspecified atom stereocenters. The monoisotopic (exact) mass is 588 g/mol. The van der Waals surface area contributed by atoms with Gasteiger partial charge >= 0.3 is 5.97 Å². The van der Waals surface area contributed by atoms with Crippen molar-refractivity contribution in [2.45, 2.75) is 77.0 Å². The predicted octanol–water partition coefficient (Wildman–Crippen LogP) is 6.89. The number of hydrogen-bond donors (Lipinski definition) is 1. The van der Waals surface area contributed by atoms with Gasteiger partial charge in [-0.05, 0) is 110 Å². The third-order valence-electron chi connectivity index (χ3n) is 10.1. The van der Waals surface area contributed by atoms with Gasteiger partial charge in [-0.2, -0.15) is 5.10 Å². The number of piperidine rings is 1. The molecule has 3 aliphatic rings. The summed E-state index contributed by atoms with van der Waals surface area (Å²) < 4.78 is 1.66. The second-order valence-corrected chi connectivity index (χ2v) is 12.8. The van der Waals surface area contributed by atoms with Gasteiger partial charge in [0.25, 0.3) is 0 Å². The number of carbonyl (C=O) groups excluding carboxylic acids is 1. The van der Waals surface area contributed by atoms with Crippen molar-refractivity contribution in [1.29, 1.82) is 0 Å². The van der Waals surface area contributed by atoms with Gasteiger partial charge in [-0.25, -0.2) is 14.5 Å². The van der Waals surface area contributed by atoms with Crippen molar-refractivity contribution in [3.8, 4) is 17.1 Å². The molecule has 44 heavy (non-hydrogen) atoms. The van der Waals surface area contributed by atoms with Gasteiger partial charge in [0.15, 0.2) is 5.82 Å². The Morgan fingerprint density at radius 3 is 2.50 bits per heavy atom. The number of amides is 1. The molecule has 2 aromatic heterocycles. The first-order valence-corrected chi connectivity index (χ1v) is 16.2. The molecular formula is C37H40N4O3. The number of fused-ring (bicyclic) bond motifs is 1. The summed E-state index contributed by atoms with van der Waals surface area (Å²) in [6, 6.07) is 19.5. The molecule has 1 saturated heterocycles. The van der Waals surface area contributed by atoms with E-state index in [1.807, 2.05) is 25.1 Å². The van der Waals surface area contributed by atoms with Crippen LogP contribution in [0.3, 0.4) is 0 Å². The Hall–Kier alpha value is -4.26. The van der Waals surface area contributed by atoms with Gasteiger partial charge in [-0.15, -0.1) is 0 Å². The van der Waals surface area contributed by atoms with E-state index in [1.54, 1.807) is 4.68 Å². The minimum atomic E-state index is -0.970. The molecule has 1 N–H and O–H groups in total. The van der Waals surface area contributed by atoms with Crippen molar-refractivity contribution in [2.24, 2.45) is 5.92 Å². The number of likely N-dealkylation sites (tertiary alicyclic amines) is 1. The van der Waals surface area contributed by atoms with Crippen LogP contribution in [-0.2, 0) is 24.1 Å². The van der Waals surface area contributed by atoms with Crippen LogP contribution >= 0.6 is 0 Å². The Bertz CT molecular complexity index is 1730. The van der Waals surface area contributed by atoms with Gasteiger partial charge in [-0.3, -0.25) is 4.79 Å². The van der Waals surface area contributed by atoms with E-state index >= 15 is 0 Å². The number of benzene rings is 2. The molecular weight excluding hydrogens is 548 g/mol. The second-order valence-electron chi connectivity index (χ2n) is 12.8. The van der Waals surface area contributed by atoms with Gasteiger partial charge in [0.05, 0.1) is 17.6 Å². The SMILES string of the molecule is CCc1c(C(=O)O)cnn1-c1cccc(-c2cccc3c2C(Cc2ccc(C4CCN(C(=O)C5CC5)CC4)cc2C)CC3)n1. The van der Waals surface area contributed by atoms with E-state index in [4.69, 9.17) is 4.98 Å². The largest absolute Gasteiger partial charge is 0.478 e. The molecule has 3 heterocycles. The lowest BCUT2D eigenvalue weighted by atomic mass is 9.84. The summed E-state index contributed by atoms with van der Waals surface area (Å²) in [6.45, 7) is 5.96. The molecule has 2 fully saturated rings. The molecule has 2 aliphatic carbocycles. The number of aryl methyl sites for hydroxylation is 2. The average Bonchev–Trinajstić information content (AvgIpc) is 3.67. The molecule has 0 radical (unpaired) electrons. The van der Waals surface area contributed by atoms with Crippen LogP contribution in [0, 0.1) is 12.8 Å². The van der Waals surface area contributed by atoms with Crippen LogP contribution in [0.15, 0.2) is 60.8 Å². The van der Waals surface area contributed by atoms with E-state index in [1.165, 1.54) is 34.0 Å². The lowest BCUT2D eigenvalue weighted by molar-refractivity contribution is -0.133. The lowest BCUT2D eigenvalue weighted by Crippen LogP contribution is -2.38. The zero-order valence-corrected chi connectivity index (χ0v) is 25.6. The quantitative estimate of drug-likeness (QED) is 0.242. The molecule has 7 nitrogen and oxygen atoms in total. The third-order valence-corrected chi connectivity index (χ3v) is 10.1. The molecule has 0 bridgehead atoms. The number of pyridine rings is 1. The Balaban J connectivity index is 1.11. The normalized spacial score (nSPS) is 18.4. The third kappa shape index (κ3) is 5.33. The van der Waals surface area contributed by atoms with E-state index in [2.05, 4.69) is 53.3 Å². The molecule has 7 rings (SSSR count). The Labute approximate surface area is 258 Å². The number of aromatic nitrogens is 3. The number of carbonyl (C=O) groups is 2. The molecule has 0 spiro atoms. The molecule has 1 atom stereocenters. The molecule has 7 heteroatoms. The molecule has 4 aromatic rings. The van der Waals surface area contributed by atoms with Crippen LogP contribution in [0.4, 0.5) is 0 Å². The fourth-order valence-corrected chi connectivity index (χ4v) is 7.49. The second kappa shape index (κ2) is 11.7. The van der Waals surface area contributed by atoms with Crippen molar-refractivity contribution in [1.82, 2.24) is 19.7 Å². The van der Waals surface area contributed by atoms with Crippen molar-refractivity contribution >= 4 is 11.9 Å². The minimum Gasteiger partial charge on any atom is -0.478 e. The van der Waals surface area contributed by atoms with Crippen molar-refractivity contribution in [2.75, 3.05) is 13.1 Å². The smallest absolute Gasteiger partial charge is 0.339 e. The number of rotatable bonds is 8. The highest BCUT2D eigenvalue weighted by Gasteiger charge is 2.35. The lowest BCUT2D eigenvalue weighted by Gasteiger charge is -2.32. The van der Waals surface area contributed by atoms with Gasteiger partial charge in [0.2, 0.25) is 5.91 Å². The topological polar surface area (TPSA) is 88.3 Å². The number of aromatic carboxylic acids is 1. The van der Waals surface area contributed by atoms with Crippen LogP contribution < -0.4 is 0 Å². The van der Waals surface area contributed by atoms with Gasteiger partial charge in [-0.1, -0.05) is 49.4 Å². The van der Waals surface area contributed by atoms with Crippen LogP contribution in [-0.4, -0.2) is 49.7 Å². The van der Waals surface area contributed by atoms with Crippen LogP contribution in [0.25, 0.3) is 17.1 Å². The summed E-state index contributed by atoms with van der Waals surface area (Å²) in [4.78, 5) is 31.3. The van der Waals surface area contributed by atoms with Crippen LogP contribution in [0.2, 0.25) is 0 Å². The summed E-state index contributed by atoms with van der Waals surface area (Å²) in [7, 11) is 0. The van der Waals surface area contributed by atoms with Crippen molar-refractivity contribution < 1.29 is 14.7 Å². The molecule has 1 amide bonds. The highest BCUT2D eigenvalue weighted by Crippen LogP contribution is 2.42. The fourth-order valence-electron chi connectivity index (χ4n) is 7.49. The maximum atomic E-state index is 12.5. The first-order chi connectivity index (χ1) is 21.4. The standard InChI is InChI=1S/C37H40N4O3/c1-3-33-31(37(43)44)22-38-41(33)34-9-5-8-32(39-34)30-7-4-6-25-10-15-29(35(25)30)21-27-13-14-28(20-23(27)2)24-16-18-40(19-17-24)36(42)26-11-12-26/h4-9,13-14,20,22,24,26,29H,3,10-12,15-19,21H2,1-2H3,(H,43,44). The predicted molar refractivity (Wildman–Crippen MR) is 170 cm³/mol. The van der Waals surface area contributed by atoms with Crippen molar-refractivity contribution in [3.63, 3.8) is 0 Å². The van der Waals surface area contributed by atoms with Gasteiger partial charge < -0.3 is 10.0 Å². The maximum Gasteiger partial charge on any atom is 0.339 e. The van der Waals surface area contributed by atoms with Crippen LogP contribution in [0.5, 0.6) is 0 Å². The summed E-state index contributed by atoms with van der Waals surface area (Å²) in [6.07, 6.45) is 9.39. The van der Waals surface area contributed by atoms with E-state index in [-0.39, 0.29) is 5.56 Å². The summed E-state index contributed by atoms with van der Waals surface area (Å²) >= 11 is 0. The number of hydrogen-bond acceptors (Lipinski definition) is 4. The molecule has 1 aliphatic heterocycles. The summed E-state index contributed by atoms with van der Waals surface area (Å²) in [5.74, 6) is 1.29. The van der Waals surface area contributed by atoms with E-state index < -0.39 is 5.97 Å². The minimum absolute atomic E-state index is 0.218. The average molecular weight is 589 g/mol. The number of carboxylic acid groups (broad SMARTS) is 1. The first-order valence-electron chi connectivity index (χ1n) is 16.2. The molecule has 226 valence electrons. The molecule has 2 aromatic carbocycles. The van der Waals surface area contributed by atoms with E-state index in [9.17, 15) is 14.7 Å². The van der Waals surface area contributed by atoms with Crippen LogP contribution in [0.1, 0.15) is 94.7 Å². The first kappa shape index (κ1) is 28.5. The summed E-state index contributed by atoms with van der Waals surface area (Å²) in [5.41, 5.74) is 9.84. The Kier molecular flexibility index (Phi) is 7.57. The number of nitrogens with zero attached hydrogens (tertiary/aromatic N) is 4. The van der Waals surface area contributed by atoms with Crippen molar-refractivity contribution in [3.05, 3.63) is 99.9 Å². The van der Waals surface area contributed by atoms with E-state index in [0.717, 1.165) is 69.3 Å². The zero-order chi connectivity index (χ0) is 30.4. The van der Waals surface area contributed by atoms with E-state index in [0.29, 0.717) is 41.6 Å². The Morgan fingerprint density at radius 2 is 1.77 bits per heavy atom. The van der Waals surface area contributed by atoms with Gasteiger partial charge in [0.1, 0.15) is 5.56 Å². The Morgan fingerprint density at radius 1 is 0.977 bits per heavy atom. The van der Waals surface area contributed by atoms with Gasteiger partial charge in [0, 0.05) is 24.6 Å². The maximum absolute atomic E-state index is 12.5. The zero-order valence-electron chi connectivity index (χ0n) is 25.6. The summed E-state index contributed by atoms with van der Waals surface area (Å²) in [5, 5.41) is 14.0. The fraction of sp³-hybridized carbons (Fsp3) is 0.405. The molecule has 1 saturated carbocycles. The highest BCUT2D eigenvalue weighted by molar-refractivity contribution is 5.88. The highest BCUT2D eigenvalue weighted by atomic mass is 16.4.